The first kappa shape index (κ1) is 14.7. The lowest BCUT2D eigenvalue weighted by Crippen LogP contribution is -2.14. The summed E-state index contributed by atoms with van der Waals surface area (Å²) in [4.78, 5) is 28.1. The summed E-state index contributed by atoms with van der Waals surface area (Å²) < 4.78 is 0. The first-order chi connectivity index (χ1) is 10.5. The monoisotopic (exact) mass is 316 g/mol. The third-order valence-corrected chi connectivity index (χ3v) is 4.85. The van der Waals surface area contributed by atoms with Gasteiger partial charge in [0.05, 0.1) is 5.69 Å². The average molecular weight is 316 g/mol. The molecule has 22 heavy (non-hydrogen) atoms. The summed E-state index contributed by atoms with van der Waals surface area (Å²) >= 11 is 1.03. The number of benzene rings is 1. The van der Waals surface area contributed by atoms with Crippen LogP contribution in [-0.2, 0) is 0 Å². The van der Waals surface area contributed by atoms with E-state index in [2.05, 4.69) is 10.3 Å². The number of carbonyl (C=O) groups is 2. The van der Waals surface area contributed by atoms with Crippen molar-refractivity contribution in [3.63, 3.8) is 0 Å². The van der Waals surface area contributed by atoms with Crippen molar-refractivity contribution in [3.8, 4) is 0 Å². The number of carbonyl (C=O) groups excluding carboxylic acids is 1. The Kier molecular flexibility index (Phi) is 3.94. The number of hydrogen-bond donors (Lipinski definition) is 2. The Morgan fingerprint density at radius 2 is 1.95 bits per heavy atom. The fourth-order valence-electron chi connectivity index (χ4n) is 2.37. The Hall–Kier alpha value is -2.21. The predicted octanol–water partition coefficient (Wildman–Crippen LogP) is 3.67. The number of anilines is 1. The van der Waals surface area contributed by atoms with E-state index in [1.54, 1.807) is 12.1 Å². The van der Waals surface area contributed by atoms with Crippen molar-refractivity contribution < 1.29 is 14.7 Å². The standard InChI is InChI=1S/C16H16N2O3S/c1-9-5-7-11(8-6-9)14(19)18-16-17-12(10-3-2-4-10)13(22-16)15(20)21/h5-8,10H,2-4H2,1H3,(H,20,21)(H,17,18,19). The summed E-state index contributed by atoms with van der Waals surface area (Å²) in [5.41, 5.74) is 2.22. The lowest BCUT2D eigenvalue weighted by atomic mass is 9.82. The molecule has 1 heterocycles. The lowest BCUT2D eigenvalue weighted by molar-refractivity contribution is 0.0699. The smallest absolute Gasteiger partial charge is 0.347 e. The van der Waals surface area contributed by atoms with Gasteiger partial charge in [-0.25, -0.2) is 9.78 Å². The second-order valence-electron chi connectivity index (χ2n) is 5.49. The number of carboxylic acids is 1. The van der Waals surface area contributed by atoms with E-state index in [0.717, 1.165) is 36.2 Å². The van der Waals surface area contributed by atoms with Gasteiger partial charge in [-0.15, -0.1) is 0 Å². The molecule has 1 fully saturated rings. The van der Waals surface area contributed by atoms with Crippen LogP contribution in [0.1, 0.15) is 56.5 Å². The number of nitrogens with zero attached hydrogens (tertiary/aromatic N) is 1. The lowest BCUT2D eigenvalue weighted by Gasteiger charge is -2.23. The molecule has 0 spiro atoms. The largest absolute Gasteiger partial charge is 0.477 e. The topological polar surface area (TPSA) is 79.3 Å². The molecule has 5 nitrogen and oxygen atoms in total. The van der Waals surface area contributed by atoms with Gasteiger partial charge in [0.25, 0.3) is 5.91 Å². The molecule has 1 saturated carbocycles. The van der Waals surface area contributed by atoms with Crippen LogP contribution in [0, 0.1) is 6.92 Å². The van der Waals surface area contributed by atoms with Crippen molar-refractivity contribution >= 4 is 28.3 Å². The first-order valence-electron chi connectivity index (χ1n) is 7.16. The maximum Gasteiger partial charge on any atom is 0.347 e. The molecule has 0 aliphatic heterocycles. The molecule has 2 aromatic rings. The summed E-state index contributed by atoms with van der Waals surface area (Å²) in [6.45, 7) is 1.95. The van der Waals surface area contributed by atoms with Crippen LogP contribution in [0.3, 0.4) is 0 Å². The number of amides is 1. The summed E-state index contributed by atoms with van der Waals surface area (Å²) in [5.74, 6) is -1.03. The van der Waals surface area contributed by atoms with Crippen LogP contribution in [0.25, 0.3) is 0 Å². The van der Waals surface area contributed by atoms with Gasteiger partial charge in [0.15, 0.2) is 5.13 Å². The Balaban J connectivity index is 1.81. The number of aromatic nitrogens is 1. The third-order valence-electron chi connectivity index (χ3n) is 3.87. The van der Waals surface area contributed by atoms with Crippen LogP contribution in [0.4, 0.5) is 5.13 Å². The second-order valence-corrected chi connectivity index (χ2v) is 6.49. The summed E-state index contributed by atoms with van der Waals surface area (Å²) in [6, 6.07) is 7.20. The minimum atomic E-state index is -0.977. The molecule has 1 aliphatic carbocycles. The number of rotatable bonds is 4. The molecule has 1 aliphatic rings. The number of aryl methyl sites for hydroxylation is 1. The molecule has 0 unspecified atom stereocenters. The van der Waals surface area contributed by atoms with Gasteiger partial charge in [-0.1, -0.05) is 35.5 Å². The summed E-state index contributed by atoms with van der Waals surface area (Å²) in [6.07, 6.45) is 3.04. The highest BCUT2D eigenvalue weighted by molar-refractivity contribution is 7.17. The van der Waals surface area contributed by atoms with Crippen molar-refractivity contribution in [2.45, 2.75) is 32.1 Å². The van der Waals surface area contributed by atoms with Gasteiger partial charge in [-0.05, 0) is 31.9 Å². The van der Waals surface area contributed by atoms with Crippen LogP contribution in [-0.4, -0.2) is 22.0 Å². The van der Waals surface area contributed by atoms with Gasteiger partial charge < -0.3 is 5.11 Å². The molecule has 0 bridgehead atoms. The van der Waals surface area contributed by atoms with E-state index >= 15 is 0 Å². The fraction of sp³-hybridized carbons (Fsp3) is 0.312. The van der Waals surface area contributed by atoms with Gasteiger partial charge >= 0.3 is 5.97 Å². The second kappa shape index (κ2) is 5.88. The molecule has 6 heteroatoms. The molecule has 0 saturated heterocycles. The van der Waals surface area contributed by atoms with Gasteiger partial charge in [-0.3, -0.25) is 10.1 Å². The Labute approximate surface area is 132 Å². The van der Waals surface area contributed by atoms with Gasteiger partial charge in [0.2, 0.25) is 0 Å². The van der Waals surface area contributed by atoms with E-state index in [0.29, 0.717) is 16.4 Å². The quantitative estimate of drug-likeness (QED) is 0.902. The Morgan fingerprint density at radius 3 is 2.50 bits per heavy atom. The predicted molar refractivity (Wildman–Crippen MR) is 84.8 cm³/mol. The van der Waals surface area contributed by atoms with Crippen LogP contribution in [0.15, 0.2) is 24.3 Å². The molecular formula is C16H16N2O3S. The van der Waals surface area contributed by atoms with Gasteiger partial charge in [0.1, 0.15) is 4.88 Å². The van der Waals surface area contributed by atoms with E-state index < -0.39 is 5.97 Å². The highest BCUT2D eigenvalue weighted by atomic mass is 32.1. The van der Waals surface area contributed by atoms with E-state index in [4.69, 9.17) is 0 Å². The SMILES string of the molecule is Cc1ccc(C(=O)Nc2nc(C3CCC3)c(C(=O)O)s2)cc1. The highest BCUT2D eigenvalue weighted by Gasteiger charge is 2.29. The molecule has 2 N–H and O–H groups in total. The van der Waals surface area contributed by atoms with Crippen molar-refractivity contribution in [3.05, 3.63) is 46.0 Å². The van der Waals surface area contributed by atoms with Gasteiger partial charge in [-0.2, -0.15) is 0 Å². The van der Waals surface area contributed by atoms with E-state index in [1.165, 1.54) is 0 Å². The first-order valence-corrected chi connectivity index (χ1v) is 7.98. The van der Waals surface area contributed by atoms with Gasteiger partial charge in [0, 0.05) is 11.5 Å². The molecule has 0 atom stereocenters. The van der Waals surface area contributed by atoms with Crippen molar-refractivity contribution in [1.29, 1.82) is 0 Å². The van der Waals surface area contributed by atoms with E-state index in [-0.39, 0.29) is 16.7 Å². The van der Waals surface area contributed by atoms with Crippen LogP contribution >= 0.6 is 11.3 Å². The van der Waals surface area contributed by atoms with E-state index in [9.17, 15) is 14.7 Å². The summed E-state index contributed by atoms with van der Waals surface area (Å²) in [7, 11) is 0. The van der Waals surface area contributed by atoms with Crippen LogP contribution in [0.5, 0.6) is 0 Å². The number of aromatic carboxylic acids is 1. The fourth-order valence-corrected chi connectivity index (χ4v) is 3.26. The zero-order valence-corrected chi connectivity index (χ0v) is 12.9. The number of hydrogen-bond acceptors (Lipinski definition) is 4. The molecule has 3 rings (SSSR count). The third kappa shape index (κ3) is 2.87. The molecule has 1 amide bonds. The zero-order chi connectivity index (χ0) is 15.7. The maximum atomic E-state index is 12.2. The highest BCUT2D eigenvalue weighted by Crippen LogP contribution is 2.40. The number of carboxylic acid groups (broad SMARTS) is 1. The van der Waals surface area contributed by atoms with E-state index in [1.807, 2.05) is 19.1 Å². The molecule has 114 valence electrons. The number of thiazole rings is 1. The molecule has 0 radical (unpaired) electrons. The molecular weight excluding hydrogens is 300 g/mol. The zero-order valence-electron chi connectivity index (χ0n) is 12.1. The van der Waals surface area contributed by atoms with Crippen LogP contribution < -0.4 is 5.32 Å². The minimum absolute atomic E-state index is 0.215. The molecule has 1 aromatic heterocycles. The number of nitrogens with one attached hydrogen (secondary N) is 1. The molecule has 1 aromatic carbocycles. The minimum Gasteiger partial charge on any atom is -0.477 e. The maximum absolute atomic E-state index is 12.2. The summed E-state index contributed by atoms with van der Waals surface area (Å²) in [5, 5.41) is 12.3. The van der Waals surface area contributed by atoms with Crippen molar-refractivity contribution in [2.75, 3.05) is 5.32 Å². The Bertz CT molecular complexity index is 717. The van der Waals surface area contributed by atoms with Crippen molar-refractivity contribution in [1.82, 2.24) is 4.98 Å². The average Bonchev–Trinajstić information content (AvgIpc) is 2.81. The van der Waals surface area contributed by atoms with Crippen molar-refractivity contribution in [2.24, 2.45) is 0 Å². The van der Waals surface area contributed by atoms with Crippen LogP contribution in [0.2, 0.25) is 0 Å². The normalized spacial score (nSPS) is 14.4. The Morgan fingerprint density at radius 1 is 1.27 bits per heavy atom.